The first-order valence-corrected chi connectivity index (χ1v) is 12.7. The molecule has 0 spiro atoms. The molecular weight excluding hydrogens is 436 g/mol. The summed E-state index contributed by atoms with van der Waals surface area (Å²) >= 11 is 1.54. The lowest BCUT2D eigenvalue weighted by atomic mass is 10.1. The number of hydrogen-bond donors (Lipinski definition) is 1. The molecule has 0 aromatic heterocycles. The van der Waals surface area contributed by atoms with Gasteiger partial charge in [-0.05, 0) is 24.6 Å². The Morgan fingerprint density at radius 2 is 1.82 bits per heavy atom. The van der Waals surface area contributed by atoms with Crippen LogP contribution in [-0.2, 0) is 9.59 Å². The molecule has 0 radical (unpaired) electrons. The van der Waals surface area contributed by atoms with E-state index in [9.17, 15) is 9.59 Å². The summed E-state index contributed by atoms with van der Waals surface area (Å²) in [5, 5.41) is 2.82. The Morgan fingerprint density at radius 3 is 2.58 bits per heavy atom. The van der Waals surface area contributed by atoms with E-state index in [-0.39, 0.29) is 17.2 Å². The van der Waals surface area contributed by atoms with Gasteiger partial charge in [0.25, 0.3) is 0 Å². The lowest BCUT2D eigenvalue weighted by Gasteiger charge is -2.27. The van der Waals surface area contributed by atoms with E-state index in [0.717, 1.165) is 24.1 Å². The van der Waals surface area contributed by atoms with Gasteiger partial charge < -0.3 is 14.8 Å². The molecule has 1 aliphatic heterocycles. The summed E-state index contributed by atoms with van der Waals surface area (Å²) in [6.07, 6.45) is 7.37. The highest BCUT2D eigenvalue weighted by atomic mass is 32.2. The summed E-state index contributed by atoms with van der Waals surface area (Å²) in [6.45, 7) is 2.20. The van der Waals surface area contributed by atoms with E-state index in [2.05, 4.69) is 12.2 Å². The van der Waals surface area contributed by atoms with Crippen LogP contribution in [0, 0.1) is 0 Å². The second kappa shape index (κ2) is 12.5. The van der Waals surface area contributed by atoms with Gasteiger partial charge >= 0.3 is 0 Å². The van der Waals surface area contributed by atoms with Gasteiger partial charge in [-0.2, -0.15) is 0 Å². The van der Waals surface area contributed by atoms with Crippen molar-refractivity contribution in [3.63, 3.8) is 0 Å². The number of para-hydroxylation sites is 1. The molecule has 1 saturated heterocycles. The highest BCUT2D eigenvalue weighted by molar-refractivity contribution is 8.00. The van der Waals surface area contributed by atoms with E-state index in [1.54, 1.807) is 36.9 Å². The van der Waals surface area contributed by atoms with Crippen molar-refractivity contribution in [1.82, 2.24) is 0 Å². The molecule has 7 heteroatoms. The van der Waals surface area contributed by atoms with Crippen LogP contribution in [0.25, 0.3) is 0 Å². The molecular formula is C26H34N2O4S. The summed E-state index contributed by atoms with van der Waals surface area (Å²) in [6, 6.07) is 13.2. The molecule has 2 aromatic carbocycles. The number of ether oxygens (including phenoxy) is 2. The Bertz CT molecular complexity index is 950. The van der Waals surface area contributed by atoms with Gasteiger partial charge in [0.15, 0.2) is 0 Å². The third-order valence-electron chi connectivity index (χ3n) is 5.77. The summed E-state index contributed by atoms with van der Waals surface area (Å²) in [5.74, 6) is 1.61. The number of hydrogen-bond acceptors (Lipinski definition) is 5. The normalized spacial score (nSPS) is 15.5. The molecule has 1 N–H and O–H groups in total. The van der Waals surface area contributed by atoms with Crippen LogP contribution in [0.3, 0.4) is 0 Å². The number of benzene rings is 2. The van der Waals surface area contributed by atoms with Gasteiger partial charge in [0.1, 0.15) is 16.9 Å². The second-order valence-corrected chi connectivity index (χ2v) is 9.19. The van der Waals surface area contributed by atoms with Gasteiger partial charge in [0.05, 0.1) is 25.7 Å². The zero-order valence-electron chi connectivity index (χ0n) is 19.8. The largest absolute Gasteiger partial charge is 0.497 e. The number of thioether (sulfide) groups is 1. The van der Waals surface area contributed by atoms with Crippen LogP contribution >= 0.6 is 11.8 Å². The average molecular weight is 471 g/mol. The molecule has 1 heterocycles. The van der Waals surface area contributed by atoms with Crippen molar-refractivity contribution in [3.8, 4) is 11.5 Å². The van der Waals surface area contributed by atoms with Crippen molar-refractivity contribution in [2.45, 2.75) is 57.2 Å². The zero-order chi connectivity index (χ0) is 23.6. The van der Waals surface area contributed by atoms with E-state index in [1.807, 2.05) is 36.4 Å². The molecule has 3 rings (SSSR count). The van der Waals surface area contributed by atoms with Crippen LogP contribution in [0.2, 0.25) is 0 Å². The van der Waals surface area contributed by atoms with Crippen LogP contribution < -0.4 is 19.7 Å². The number of methoxy groups -OCH3 is 2. The molecule has 2 aromatic rings. The highest BCUT2D eigenvalue weighted by Crippen LogP contribution is 2.47. The van der Waals surface area contributed by atoms with Crippen molar-refractivity contribution < 1.29 is 19.1 Å². The Kier molecular flexibility index (Phi) is 9.48. The molecule has 0 aliphatic carbocycles. The fraction of sp³-hybridized carbons (Fsp3) is 0.462. The van der Waals surface area contributed by atoms with E-state index in [4.69, 9.17) is 9.47 Å². The minimum Gasteiger partial charge on any atom is -0.497 e. The van der Waals surface area contributed by atoms with Crippen LogP contribution in [0.1, 0.15) is 62.8 Å². The third-order valence-corrected chi connectivity index (χ3v) is 6.97. The number of nitrogens with one attached hydrogen (secondary N) is 1. The first kappa shape index (κ1) is 25.0. The van der Waals surface area contributed by atoms with Crippen LogP contribution in [0.15, 0.2) is 42.5 Å². The van der Waals surface area contributed by atoms with Crippen molar-refractivity contribution in [3.05, 3.63) is 48.0 Å². The summed E-state index contributed by atoms with van der Waals surface area (Å²) in [4.78, 5) is 27.3. The fourth-order valence-corrected chi connectivity index (χ4v) is 5.21. The Hall–Kier alpha value is -2.67. The minimum atomic E-state index is -0.259. The van der Waals surface area contributed by atoms with Crippen molar-refractivity contribution >= 4 is 35.0 Å². The van der Waals surface area contributed by atoms with Crippen molar-refractivity contribution in [1.29, 1.82) is 0 Å². The summed E-state index contributed by atoms with van der Waals surface area (Å²) in [7, 11) is 3.18. The second-order valence-electron chi connectivity index (χ2n) is 8.12. The minimum absolute atomic E-state index is 0.00155. The predicted molar refractivity (Wildman–Crippen MR) is 135 cm³/mol. The Balaban J connectivity index is 1.75. The molecule has 0 saturated carbocycles. The maximum atomic E-state index is 12.9. The van der Waals surface area contributed by atoms with E-state index in [0.29, 0.717) is 29.4 Å². The van der Waals surface area contributed by atoms with Gasteiger partial charge in [0, 0.05) is 23.7 Å². The zero-order valence-corrected chi connectivity index (χ0v) is 20.6. The first-order valence-electron chi connectivity index (χ1n) is 11.6. The standard InChI is InChI=1S/C26H34N2O4S/c1-4-5-6-7-8-9-14-24(29)27-21-13-11-10-12-20(21)26-28(25(30)18-33-26)22-16-15-19(31-2)17-23(22)32-3/h10-13,15-17,26H,4-9,14,18H2,1-3H3,(H,27,29). The molecule has 0 bridgehead atoms. The van der Waals surface area contributed by atoms with Gasteiger partial charge in [-0.15, -0.1) is 11.8 Å². The number of nitrogens with zero attached hydrogens (tertiary/aromatic N) is 1. The number of unbranched alkanes of at least 4 members (excludes halogenated alkanes) is 5. The smallest absolute Gasteiger partial charge is 0.238 e. The van der Waals surface area contributed by atoms with E-state index < -0.39 is 0 Å². The van der Waals surface area contributed by atoms with Gasteiger partial charge in [-0.1, -0.05) is 57.2 Å². The summed E-state index contributed by atoms with van der Waals surface area (Å²) < 4.78 is 10.9. The van der Waals surface area contributed by atoms with E-state index >= 15 is 0 Å². The Morgan fingerprint density at radius 1 is 1.06 bits per heavy atom. The van der Waals surface area contributed by atoms with E-state index in [1.165, 1.54) is 25.7 Å². The lowest BCUT2D eigenvalue weighted by Crippen LogP contribution is -2.29. The topological polar surface area (TPSA) is 67.9 Å². The van der Waals surface area contributed by atoms with Gasteiger partial charge in [-0.3, -0.25) is 14.5 Å². The maximum absolute atomic E-state index is 12.9. The Labute approximate surface area is 201 Å². The molecule has 1 aliphatic rings. The van der Waals surface area contributed by atoms with Crippen LogP contribution in [-0.4, -0.2) is 31.8 Å². The van der Waals surface area contributed by atoms with Crippen LogP contribution in [0.5, 0.6) is 11.5 Å². The maximum Gasteiger partial charge on any atom is 0.238 e. The average Bonchev–Trinajstić information content (AvgIpc) is 3.22. The molecule has 1 unspecified atom stereocenters. The highest BCUT2D eigenvalue weighted by Gasteiger charge is 2.37. The monoisotopic (exact) mass is 470 g/mol. The number of amides is 2. The van der Waals surface area contributed by atoms with Gasteiger partial charge in [-0.25, -0.2) is 0 Å². The lowest BCUT2D eigenvalue weighted by molar-refractivity contribution is -0.116. The number of rotatable bonds is 12. The molecule has 2 amide bonds. The molecule has 33 heavy (non-hydrogen) atoms. The predicted octanol–water partition coefficient (Wildman–Crippen LogP) is 6.17. The first-order chi connectivity index (χ1) is 16.1. The van der Waals surface area contributed by atoms with Gasteiger partial charge in [0.2, 0.25) is 11.8 Å². The molecule has 1 fully saturated rings. The molecule has 1 atom stereocenters. The SMILES string of the molecule is CCCCCCCCC(=O)Nc1ccccc1C1SCC(=O)N1c1ccc(OC)cc1OC. The van der Waals surface area contributed by atoms with Crippen LogP contribution in [0.4, 0.5) is 11.4 Å². The van der Waals surface area contributed by atoms with Crippen molar-refractivity contribution in [2.24, 2.45) is 0 Å². The molecule has 178 valence electrons. The number of carbonyl (C=O) groups excluding carboxylic acids is 2. The van der Waals surface area contributed by atoms with Crippen molar-refractivity contribution in [2.75, 3.05) is 30.2 Å². The molecule has 6 nitrogen and oxygen atoms in total. The quantitative estimate of drug-likeness (QED) is 0.376. The third kappa shape index (κ3) is 6.44. The fourth-order valence-electron chi connectivity index (χ4n) is 4.00. The summed E-state index contributed by atoms with van der Waals surface area (Å²) in [5.41, 5.74) is 2.34. The number of carbonyl (C=O) groups is 2. The number of anilines is 2.